The lowest BCUT2D eigenvalue weighted by atomic mass is 10.1. The number of carbonyl (C=O) groups excluding carboxylic acids is 1. The number of nitro groups is 1. The number of anilines is 1. The molecule has 0 bridgehead atoms. The van der Waals surface area contributed by atoms with Crippen LogP contribution in [0.25, 0.3) is 0 Å². The molecular weight excluding hydrogens is 320 g/mol. The van der Waals surface area contributed by atoms with Crippen molar-refractivity contribution in [3.05, 3.63) is 33.9 Å². The van der Waals surface area contributed by atoms with Crippen molar-refractivity contribution in [1.82, 2.24) is 9.80 Å². The summed E-state index contributed by atoms with van der Waals surface area (Å²) in [4.78, 5) is 27.6. The van der Waals surface area contributed by atoms with E-state index in [1.54, 1.807) is 17.0 Å². The van der Waals surface area contributed by atoms with Crippen LogP contribution in [0.5, 0.6) is 0 Å². The third kappa shape index (κ3) is 4.48. The number of piperidine rings is 1. The molecule has 2 saturated heterocycles. The predicted octanol–water partition coefficient (Wildman–Crippen LogP) is 2.73. The summed E-state index contributed by atoms with van der Waals surface area (Å²) in [6, 6.07) is 4.76. The van der Waals surface area contributed by atoms with Gasteiger partial charge in [0.05, 0.1) is 4.92 Å². The summed E-state index contributed by atoms with van der Waals surface area (Å²) in [5.41, 5.74) is 0.846. The van der Waals surface area contributed by atoms with Gasteiger partial charge >= 0.3 is 0 Å². The number of hydrogen-bond acceptors (Lipinski definition) is 5. The molecule has 2 heterocycles. The normalized spacial score (nSPS) is 18.3. The summed E-state index contributed by atoms with van der Waals surface area (Å²) in [5, 5.41) is 14.6. The molecule has 0 unspecified atom stereocenters. The van der Waals surface area contributed by atoms with Gasteiger partial charge in [-0.05, 0) is 50.9 Å². The highest BCUT2D eigenvalue weighted by Gasteiger charge is 2.26. The lowest BCUT2D eigenvalue weighted by Crippen LogP contribution is -2.33. The molecular formula is C18H26N4O3. The SMILES string of the molecule is O=C(c1cc(NCCN2CCCCC2)ccc1[N+](=O)[O-])N1CCCC1. The Morgan fingerprint density at radius 3 is 2.44 bits per heavy atom. The van der Waals surface area contributed by atoms with E-state index in [9.17, 15) is 14.9 Å². The predicted molar refractivity (Wildman–Crippen MR) is 97.0 cm³/mol. The largest absolute Gasteiger partial charge is 0.384 e. The minimum Gasteiger partial charge on any atom is -0.384 e. The van der Waals surface area contributed by atoms with Crippen LogP contribution in [-0.2, 0) is 0 Å². The quantitative estimate of drug-likeness (QED) is 0.633. The molecule has 7 nitrogen and oxygen atoms in total. The molecule has 0 aliphatic carbocycles. The molecule has 136 valence electrons. The Kier molecular flexibility index (Phi) is 5.86. The number of nitrogens with zero attached hydrogens (tertiary/aromatic N) is 3. The van der Waals surface area contributed by atoms with Crippen molar-refractivity contribution in [2.75, 3.05) is 44.6 Å². The van der Waals surface area contributed by atoms with Crippen LogP contribution in [0.2, 0.25) is 0 Å². The van der Waals surface area contributed by atoms with Gasteiger partial charge in [0.2, 0.25) is 0 Å². The Bertz CT molecular complexity index is 623. The van der Waals surface area contributed by atoms with E-state index >= 15 is 0 Å². The van der Waals surface area contributed by atoms with Gasteiger partial charge in [0.15, 0.2) is 0 Å². The zero-order valence-electron chi connectivity index (χ0n) is 14.6. The van der Waals surface area contributed by atoms with Crippen LogP contribution in [0.1, 0.15) is 42.5 Å². The maximum absolute atomic E-state index is 12.6. The van der Waals surface area contributed by atoms with Crippen molar-refractivity contribution >= 4 is 17.3 Å². The molecule has 0 atom stereocenters. The second kappa shape index (κ2) is 8.29. The highest BCUT2D eigenvalue weighted by molar-refractivity contribution is 5.99. The third-order valence-corrected chi connectivity index (χ3v) is 5.02. The number of hydrogen-bond donors (Lipinski definition) is 1. The Balaban J connectivity index is 1.66. The molecule has 1 N–H and O–H groups in total. The number of nitro benzene ring substituents is 1. The number of carbonyl (C=O) groups is 1. The first-order valence-corrected chi connectivity index (χ1v) is 9.19. The molecule has 2 fully saturated rings. The van der Waals surface area contributed by atoms with Crippen LogP contribution in [-0.4, -0.2) is 59.9 Å². The zero-order chi connectivity index (χ0) is 17.6. The topological polar surface area (TPSA) is 78.7 Å². The average Bonchev–Trinajstić information content (AvgIpc) is 3.16. The minimum atomic E-state index is -0.471. The van der Waals surface area contributed by atoms with Crippen LogP contribution in [0.15, 0.2) is 18.2 Å². The first-order chi connectivity index (χ1) is 12.1. The van der Waals surface area contributed by atoms with E-state index in [-0.39, 0.29) is 17.2 Å². The second-order valence-corrected chi connectivity index (χ2v) is 6.82. The number of rotatable bonds is 6. The van der Waals surface area contributed by atoms with Gasteiger partial charge in [-0.2, -0.15) is 0 Å². The van der Waals surface area contributed by atoms with Gasteiger partial charge in [-0.15, -0.1) is 0 Å². The Labute approximate surface area is 148 Å². The van der Waals surface area contributed by atoms with Crippen molar-refractivity contribution in [2.24, 2.45) is 0 Å². The molecule has 1 aromatic carbocycles. The van der Waals surface area contributed by atoms with Gasteiger partial charge in [0.1, 0.15) is 5.56 Å². The summed E-state index contributed by atoms with van der Waals surface area (Å²) in [7, 11) is 0. The van der Waals surface area contributed by atoms with Gasteiger partial charge in [-0.25, -0.2) is 0 Å². The van der Waals surface area contributed by atoms with E-state index in [1.807, 2.05) is 0 Å². The second-order valence-electron chi connectivity index (χ2n) is 6.82. The molecule has 0 saturated carbocycles. The first kappa shape index (κ1) is 17.7. The summed E-state index contributed by atoms with van der Waals surface area (Å²) in [6.07, 6.45) is 5.76. The van der Waals surface area contributed by atoms with Crippen LogP contribution in [0.4, 0.5) is 11.4 Å². The lowest BCUT2D eigenvalue weighted by molar-refractivity contribution is -0.385. The molecule has 1 amide bonds. The first-order valence-electron chi connectivity index (χ1n) is 9.19. The maximum atomic E-state index is 12.6. The molecule has 7 heteroatoms. The van der Waals surface area contributed by atoms with Gasteiger partial charge in [-0.1, -0.05) is 6.42 Å². The van der Waals surface area contributed by atoms with Crippen molar-refractivity contribution in [2.45, 2.75) is 32.1 Å². The van der Waals surface area contributed by atoms with Gasteiger partial charge in [0.25, 0.3) is 11.6 Å². The van der Waals surface area contributed by atoms with E-state index in [4.69, 9.17) is 0 Å². The molecule has 0 radical (unpaired) electrons. The number of likely N-dealkylation sites (tertiary alicyclic amines) is 2. The van der Waals surface area contributed by atoms with E-state index < -0.39 is 4.92 Å². The average molecular weight is 346 g/mol. The highest BCUT2D eigenvalue weighted by Crippen LogP contribution is 2.25. The molecule has 0 spiro atoms. The fourth-order valence-electron chi connectivity index (χ4n) is 3.61. The third-order valence-electron chi connectivity index (χ3n) is 5.02. The van der Waals surface area contributed by atoms with Gasteiger partial charge in [-0.3, -0.25) is 14.9 Å². The zero-order valence-corrected chi connectivity index (χ0v) is 14.6. The standard InChI is InChI=1S/C18H26N4O3/c23-18(21-11-4-5-12-21)16-14-15(6-7-17(16)22(24)25)19-8-13-20-9-2-1-3-10-20/h6-7,14,19H,1-5,8-13H2. The fourth-order valence-corrected chi connectivity index (χ4v) is 3.61. The summed E-state index contributed by atoms with van der Waals surface area (Å²) in [5.74, 6) is -0.233. The smallest absolute Gasteiger partial charge is 0.282 e. The molecule has 0 aromatic heterocycles. The Morgan fingerprint density at radius 1 is 1.08 bits per heavy atom. The summed E-state index contributed by atoms with van der Waals surface area (Å²) >= 11 is 0. The van der Waals surface area contributed by atoms with E-state index in [2.05, 4.69) is 10.2 Å². The van der Waals surface area contributed by atoms with Crippen molar-refractivity contribution < 1.29 is 9.72 Å². The molecule has 25 heavy (non-hydrogen) atoms. The van der Waals surface area contributed by atoms with Crippen molar-refractivity contribution in [3.63, 3.8) is 0 Å². The maximum Gasteiger partial charge on any atom is 0.282 e. The number of benzene rings is 1. The van der Waals surface area contributed by atoms with Crippen molar-refractivity contribution in [1.29, 1.82) is 0 Å². The monoisotopic (exact) mass is 346 g/mol. The van der Waals surface area contributed by atoms with E-state index in [1.165, 1.54) is 25.3 Å². The lowest BCUT2D eigenvalue weighted by Gasteiger charge is -2.26. The Morgan fingerprint density at radius 2 is 1.76 bits per heavy atom. The molecule has 1 aromatic rings. The molecule has 2 aliphatic rings. The van der Waals surface area contributed by atoms with Crippen LogP contribution < -0.4 is 5.32 Å². The molecule has 2 aliphatic heterocycles. The molecule has 3 rings (SSSR count). The summed E-state index contributed by atoms with van der Waals surface area (Å²) < 4.78 is 0. The number of amides is 1. The van der Waals surface area contributed by atoms with Crippen LogP contribution in [0.3, 0.4) is 0 Å². The summed E-state index contributed by atoms with van der Waals surface area (Å²) in [6.45, 7) is 5.37. The van der Waals surface area contributed by atoms with E-state index in [0.717, 1.165) is 44.7 Å². The van der Waals surface area contributed by atoms with Crippen LogP contribution >= 0.6 is 0 Å². The fraction of sp³-hybridized carbons (Fsp3) is 0.611. The van der Waals surface area contributed by atoms with Gasteiger partial charge in [0, 0.05) is 37.9 Å². The van der Waals surface area contributed by atoms with E-state index in [0.29, 0.717) is 13.1 Å². The van der Waals surface area contributed by atoms with Crippen LogP contribution in [0, 0.1) is 10.1 Å². The number of nitrogens with one attached hydrogen (secondary N) is 1. The van der Waals surface area contributed by atoms with Crippen molar-refractivity contribution in [3.8, 4) is 0 Å². The highest BCUT2D eigenvalue weighted by atomic mass is 16.6. The minimum absolute atomic E-state index is 0.113. The Hall–Kier alpha value is -2.15. The van der Waals surface area contributed by atoms with Gasteiger partial charge < -0.3 is 15.1 Å².